The molecule has 0 fully saturated rings. The van der Waals surface area contributed by atoms with Crippen LogP contribution in [0.1, 0.15) is 21.5 Å². The van der Waals surface area contributed by atoms with Gasteiger partial charge in [0.1, 0.15) is 11.5 Å². The van der Waals surface area contributed by atoms with Gasteiger partial charge in [-0.3, -0.25) is 0 Å². The van der Waals surface area contributed by atoms with E-state index in [9.17, 15) is 4.79 Å². The molecule has 106 valence electrons. The van der Waals surface area contributed by atoms with Gasteiger partial charge in [0.15, 0.2) is 0 Å². The maximum Gasteiger partial charge on any atom is 0.337 e. The molecule has 1 aliphatic heterocycles. The second-order valence-corrected chi connectivity index (χ2v) is 4.67. The molecule has 3 rings (SSSR count). The first-order valence-corrected chi connectivity index (χ1v) is 6.66. The first-order valence-electron chi connectivity index (χ1n) is 6.66. The zero-order chi connectivity index (χ0) is 14.7. The minimum absolute atomic E-state index is 0.371. The summed E-state index contributed by atoms with van der Waals surface area (Å²) in [5.74, 6) is 1.01. The number of nitrogens with one attached hydrogen (secondary N) is 1. The number of methoxy groups -OCH3 is 1. The summed E-state index contributed by atoms with van der Waals surface area (Å²) < 4.78 is 10.7. The van der Waals surface area contributed by atoms with E-state index < -0.39 is 0 Å². The van der Waals surface area contributed by atoms with Crippen molar-refractivity contribution in [3.63, 3.8) is 0 Å². The number of hydrogen-bond donors (Lipinski definition) is 1. The van der Waals surface area contributed by atoms with Gasteiger partial charge in [0, 0.05) is 23.9 Å². The lowest BCUT2D eigenvalue weighted by atomic mass is 10.1. The number of hydrogen-bond acceptors (Lipinski definition) is 4. The van der Waals surface area contributed by atoms with Crippen molar-refractivity contribution in [1.29, 1.82) is 0 Å². The summed E-state index contributed by atoms with van der Waals surface area (Å²) >= 11 is 0. The molecular formula is C17H15NO3. The molecule has 0 aromatic heterocycles. The van der Waals surface area contributed by atoms with Crippen LogP contribution in [0.25, 0.3) is 5.76 Å². The Labute approximate surface area is 123 Å². The van der Waals surface area contributed by atoms with E-state index in [2.05, 4.69) is 5.32 Å². The maximum absolute atomic E-state index is 11.6. The molecule has 21 heavy (non-hydrogen) atoms. The van der Waals surface area contributed by atoms with Crippen molar-refractivity contribution >= 4 is 11.7 Å². The lowest BCUT2D eigenvalue weighted by Crippen LogP contribution is -2.05. The Bertz CT molecular complexity index is 692. The Hall–Kier alpha value is -2.75. The van der Waals surface area contributed by atoms with Gasteiger partial charge in [0.2, 0.25) is 0 Å². The molecule has 0 spiro atoms. The van der Waals surface area contributed by atoms with Crippen LogP contribution in [0.15, 0.2) is 54.7 Å². The molecule has 4 nitrogen and oxygen atoms in total. The van der Waals surface area contributed by atoms with Crippen LogP contribution < -0.4 is 10.1 Å². The third kappa shape index (κ3) is 2.74. The van der Waals surface area contributed by atoms with E-state index in [0.717, 1.165) is 16.9 Å². The van der Waals surface area contributed by atoms with Crippen molar-refractivity contribution in [3.05, 3.63) is 71.4 Å². The normalized spacial score (nSPS) is 13.1. The number of carbonyl (C=O) groups excluding carboxylic acids is 1. The number of benzene rings is 2. The van der Waals surface area contributed by atoms with Crippen LogP contribution in [0, 0.1) is 0 Å². The van der Waals surface area contributed by atoms with Crippen LogP contribution in [-0.4, -0.2) is 13.1 Å². The van der Waals surface area contributed by atoms with Crippen molar-refractivity contribution in [2.24, 2.45) is 0 Å². The largest absolute Gasteiger partial charge is 0.465 e. The van der Waals surface area contributed by atoms with E-state index in [4.69, 9.17) is 9.47 Å². The van der Waals surface area contributed by atoms with Gasteiger partial charge in [-0.25, -0.2) is 4.79 Å². The van der Waals surface area contributed by atoms with Crippen molar-refractivity contribution in [3.8, 4) is 5.75 Å². The predicted octanol–water partition coefficient (Wildman–Crippen LogP) is 2.95. The molecule has 1 N–H and O–H groups in total. The average molecular weight is 281 g/mol. The van der Waals surface area contributed by atoms with Gasteiger partial charge in [-0.1, -0.05) is 36.4 Å². The molecule has 4 heteroatoms. The Kier molecular flexibility index (Phi) is 3.60. The highest BCUT2D eigenvalue weighted by atomic mass is 16.5. The lowest BCUT2D eigenvalue weighted by Gasteiger charge is -2.11. The lowest BCUT2D eigenvalue weighted by molar-refractivity contribution is 0.0600. The maximum atomic E-state index is 11.6. The highest BCUT2D eigenvalue weighted by molar-refractivity contribution is 5.90. The zero-order valence-corrected chi connectivity index (χ0v) is 11.6. The fourth-order valence-electron chi connectivity index (χ4n) is 2.19. The van der Waals surface area contributed by atoms with Crippen molar-refractivity contribution in [2.45, 2.75) is 6.54 Å². The van der Waals surface area contributed by atoms with E-state index in [0.29, 0.717) is 17.9 Å². The summed E-state index contributed by atoms with van der Waals surface area (Å²) in [7, 11) is 1.37. The fourth-order valence-corrected chi connectivity index (χ4v) is 2.19. The highest BCUT2D eigenvalue weighted by Crippen LogP contribution is 2.28. The Morgan fingerprint density at radius 2 is 2.00 bits per heavy atom. The van der Waals surface area contributed by atoms with Gasteiger partial charge in [0.05, 0.1) is 12.7 Å². The van der Waals surface area contributed by atoms with Crippen LogP contribution in [-0.2, 0) is 11.3 Å². The molecule has 0 aliphatic carbocycles. The predicted molar refractivity (Wildman–Crippen MR) is 79.7 cm³/mol. The summed E-state index contributed by atoms with van der Waals surface area (Å²) in [6, 6.07) is 15.1. The molecule has 0 radical (unpaired) electrons. The number of rotatable bonds is 2. The quantitative estimate of drug-likeness (QED) is 0.860. The smallest absolute Gasteiger partial charge is 0.337 e. The first kappa shape index (κ1) is 13.2. The van der Waals surface area contributed by atoms with Crippen molar-refractivity contribution < 1.29 is 14.3 Å². The minimum Gasteiger partial charge on any atom is -0.465 e. The molecule has 2 aromatic carbocycles. The summed E-state index contributed by atoms with van der Waals surface area (Å²) in [5, 5.41) is 3.21. The summed E-state index contributed by atoms with van der Waals surface area (Å²) in [6.45, 7) is 0.646. The van der Waals surface area contributed by atoms with Crippen LogP contribution in [0.5, 0.6) is 5.75 Å². The Morgan fingerprint density at radius 1 is 1.19 bits per heavy atom. The van der Waals surface area contributed by atoms with Crippen LogP contribution >= 0.6 is 0 Å². The van der Waals surface area contributed by atoms with Crippen molar-refractivity contribution in [2.75, 3.05) is 7.11 Å². The second kappa shape index (κ2) is 5.71. The van der Waals surface area contributed by atoms with E-state index >= 15 is 0 Å². The van der Waals surface area contributed by atoms with Gasteiger partial charge in [-0.15, -0.1) is 0 Å². The van der Waals surface area contributed by atoms with Crippen LogP contribution in [0.4, 0.5) is 0 Å². The van der Waals surface area contributed by atoms with Gasteiger partial charge in [-0.2, -0.15) is 0 Å². The molecule has 0 amide bonds. The van der Waals surface area contributed by atoms with E-state index in [1.54, 1.807) is 12.1 Å². The van der Waals surface area contributed by atoms with E-state index in [1.165, 1.54) is 7.11 Å². The topological polar surface area (TPSA) is 47.6 Å². The van der Waals surface area contributed by atoms with Gasteiger partial charge in [0.25, 0.3) is 0 Å². The first-order chi connectivity index (χ1) is 10.3. The van der Waals surface area contributed by atoms with E-state index in [-0.39, 0.29) is 5.97 Å². The standard InChI is InChI=1S/C17H15NO3/c1-20-17(19)13-7-8-14-10-18-11-16(21-15(14)9-13)12-5-3-2-4-6-12/h2-9,11,18H,10H2,1H3. The summed E-state index contributed by atoms with van der Waals surface area (Å²) in [5.41, 5.74) is 2.44. The van der Waals surface area contributed by atoms with Gasteiger partial charge in [-0.05, 0) is 12.1 Å². The summed E-state index contributed by atoms with van der Waals surface area (Å²) in [4.78, 5) is 11.6. The molecule has 1 aliphatic rings. The number of ether oxygens (including phenoxy) is 2. The third-order valence-electron chi connectivity index (χ3n) is 3.29. The zero-order valence-electron chi connectivity index (χ0n) is 11.6. The minimum atomic E-state index is -0.371. The molecule has 0 atom stereocenters. The Morgan fingerprint density at radius 3 is 2.76 bits per heavy atom. The second-order valence-electron chi connectivity index (χ2n) is 4.67. The van der Waals surface area contributed by atoms with Gasteiger partial charge >= 0.3 is 5.97 Å². The Balaban J connectivity index is 1.95. The number of esters is 1. The molecule has 0 bridgehead atoms. The summed E-state index contributed by atoms with van der Waals surface area (Å²) in [6.07, 6.45) is 1.84. The number of fused-ring (bicyclic) bond motifs is 1. The van der Waals surface area contributed by atoms with Crippen LogP contribution in [0.3, 0.4) is 0 Å². The molecule has 0 saturated heterocycles. The molecule has 2 aromatic rings. The molecular weight excluding hydrogens is 266 g/mol. The van der Waals surface area contributed by atoms with Crippen molar-refractivity contribution in [1.82, 2.24) is 5.32 Å². The molecule has 0 saturated carbocycles. The average Bonchev–Trinajstić information content (AvgIpc) is 2.76. The SMILES string of the molecule is COC(=O)c1ccc2c(c1)OC(c1ccccc1)=CNC2. The third-order valence-corrected chi connectivity index (χ3v) is 3.29. The number of carbonyl (C=O) groups is 1. The fraction of sp³-hybridized carbons (Fsp3) is 0.118. The molecule has 1 heterocycles. The van der Waals surface area contributed by atoms with E-state index in [1.807, 2.05) is 42.6 Å². The highest BCUT2D eigenvalue weighted by Gasteiger charge is 2.15. The molecule has 0 unspecified atom stereocenters. The van der Waals surface area contributed by atoms with Crippen LogP contribution in [0.2, 0.25) is 0 Å². The van der Waals surface area contributed by atoms with Gasteiger partial charge < -0.3 is 14.8 Å². The monoisotopic (exact) mass is 281 g/mol.